The van der Waals surface area contributed by atoms with Gasteiger partial charge < -0.3 is 15.4 Å². The molecule has 3 aromatic carbocycles. The maximum absolute atomic E-state index is 14.4. The van der Waals surface area contributed by atoms with Crippen LogP contribution in [0.3, 0.4) is 0 Å². The number of nitrogens with one attached hydrogen (secondary N) is 2. The van der Waals surface area contributed by atoms with Crippen molar-refractivity contribution in [2.75, 3.05) is 19.5 Å². The van der Waals surface area contributed by atoms with Crippen molar-refractivity contribution in [2.45, 2.75) is 11.4 Å². The van der Waals surface area contributed by atoms with Crippen molar-refractivity contribution in [1.82, 2.24) is 9.29 Å². The zero-order valence-corrected chi connectivity index (χ0v) is 19.4. The number of hydrogen-bond acceptors (Lipinski definition) is 5. The zero-order valence-electron chi connectivity index (χ0n) is 17.8. The molecule has 0 bridgehead atoms. The van der Waals surface area contributed by atoms with E-state index in [0.717, 1.165) is 15.6 Å². The number of rotatable bonds is 7. The lowest BCUT2D eigenvalue weighted by Gasteiger charge is -2.11. The van der Waals surface area contributed by atoms with Gasteiger partial charge in [-0.15, -0.1) is 12.4 Å². The molecule has 0 aliphatic heterocycles. The van der Waals surface area contributed by atoms with Crippen LogP contribution in [-0.4, -0.2) is 26.5 Å². The number of nitrogens with zero attached hydrogens (tertiary/aromatic N) is 1. The first kappa shape index (κ1) is 24.5. The van der Waals surface area contributed by atoms with Crippen molar-refractivity contribution < 1.29 is 21.9 Å². The zero-order chi connectivity index (χ0) is 22.9. The number of halogens is 3. The fraction of sp³-hybridized carbons (Fsp3) is 0.130. The summed E-state index contributed by atoms with van der Waals surface area (Å²) in [7, 11) is -0.855. The van der Waals surface area contributed by atoms with Gasteiger partial charge in [-0.3, -0.25) is 0 Å². The Hall–Kier alpha value is -3.14. The van der Waals surface area contributed by atoms with Gasteiger partial charge in [-0.2, -0.15) is 0 Å². The minimum absolute atomic E-state index is 0. The van der Waals surface area contributed by atoms with Crippen LogP contribution in [0.4, 0.5) is 20.2 Å². The third-order valence-corrected chi connectivity index (χ3v) is 6.70. The molecule has 10 heteroatoms. The molecule has 2 N–H and O–H groups in total. The summed E-state index contributed by atoms with van der Waals surface area (Å²) in [4.78, 5) is -0.162. The van der Waals surface area contributed by atoms with Gasteiger partial charge >= 0.3 is 0 Å². The molecule has 0 spiro atoms. The number of methoxy groups -OCH3 is 1. The maximum Gasteiger partial charge on any atom is 0.268 e. The molecule has 1 aromatic heterocycles. The van der Waals surface area contributed by atoms with Gasteiger partial charge in [0.1, 0.15) is 17.4 Å². The molecular formula is C23H22ClF2N3O3S. The van der Waals surface area contributed by atoms with Crippen LogP contribution in [-0.2, 0) is 16.6 Å². The second-order valence-corrected chi connectivity index (χ2v) is 8.96. The smallest absolute Gasteiger partial charge is 0.268 e. The first-order valence-corrected chi connectivity index (χ1v) is 11.2. The van der Waals surface area contributed by atoms with E-state index in [1.54, 1.807) is 31.3 Å². The standard InChI is InChI=1S/C23H21F2N3O3S.ClH/c1-26-13-15-14-28(32(29,30)19-5-3-4-16(24)10-19)23-11-17(6-8-20(15)23)27-22-9-7-18(31-2)12-21(22)25;/h3-12,14,26-27H,13H2,1-2H3;1H. The van der Waals surface area contributed by atoms with Crippen molar-refractivity contribution in [3.05, 3.63) is 84.1 Å². The van der Waals surface area contributed by atoms with Gasteiger partial charge in [-0.1, -0.05) is 12.1 Å². The fourth-order valence-corrected chi connectivity index (χ4v) is 4.91. The number of fused-ring (bicyclic) bond motifs is 1. The Bertz CT molecular complexity index is 1410. The molecule has 0 saturated carbocycles. The number of ether oxygens (including phenoxy) is 1. The van der Waals surface area contributed by atoms with Gasteiger partial charge in [0.15, 0.2) is 0 Å². The summed E-state index contributed by atoms with van der Waals surface area (Å²) < 4.78 is 60.8. The van der Waals surface area contributed by atoms with Crippen molar-refractivity contribution in [3.63, 3.8) is 0 Å². The second-order valence-electron chi connectivity index (χ2n) is 7.15. The van der Waals surface area contributed by atoms with Gasteiger partial charge in [0.25, 0.3) is 10.0 Å². The first-order chi connectivity index (χ1) is 15.3. The average molecular weight is 494 g/mol. The molecule has 0 radical (unpaired) electrons. The van der Waals surface area contributed by atoms with Crippen LogP contribution in [0.1, 0.15) is 5.56 Å². The van der Waals surface area contributed by atoms with E-state index in [1.165, 1.54) is 43.6 Å². The molecule has 174 valence electrons. The van der Waals surface area contributed by atoms with Gasteiger partial charge in [0.05, 0.1) is 23.2 Å². The Labute approximate surface area is 196 Å². The van der Waals surface area contributed by atoms with E-state index in [2.05, 4.69) is 10.6 Å². The number of benzene rings is 3. The molecule has 0 fully saturated rings. The van der Waals surface area contributed by atoms with Gasteiger partial charge in [0, 0.05) is 29.9 Å². The van der Waals surface area contributed by atoms with E-state index in [4.69, 9.17) is 4.74 Å². The Balaban J connectivity index is 0.00000306. The molecule has 6 nitrogen and oxygen atoms in total. The highest BCUT2D eigenvalue weighted by molar-refractivity contribution is 7.90. The van der Waals surface area contributed by atoms with Crippen LogP contribution in [0.15, 0.2) is 71.8 Å². The normalized spacial score (nSPS) is 11.3. The summed E-state index contributed by atoms with van der Waals surface area (Å²) >= 11 is 0. The molecular weight excluding hydrogens is 472 g/mol. The summed E-state index contributed by atoms with van der Waals surface area (Å²) in [5.74, 6) is -0.770. The third-order valence-electron chi connectivity index (χ3n) is 5.03. The van der Waals surface area contributed by atoms with Crippen LogP contribution < -0.4 is 15.4 Å². The highest BCUT2D eigenvalue weighted by Gasteiger charge is 2.22. The van der Waals surface area contributed by atoms with Crippen LogP contribution in [0.5, 0.6) is 5.75 Å². The van der Waals surface area contributed by atoms with Crippen LogP contribution in [0.25, 0.3) is 10.9 Å². The maximum atomic E-state index is 14.4. The molecule has 4 aromatic rings. The monoisotopic (exact) mass is 493 g/mol. The van der Waals surface area contributed by atoms with E-state index in [9.17, 15) is 17.2 Å². The van der Waals surface area contributed by atoms with Crippen LogP contribution >= 0.6 is 12.4 Å². The molecule has 4 rings (SSSR count). The predicted molar refractivity (Wildman–Crippen MR) is 127 cm³/mol. The van der Waals surface area contributed by atoms with Crippen molar-refractivity contribution in [3.8, 4) is 5.75 Å². The van der Waals surface area contributed by atoms with Crippen molar-refractivity contribution in [1.29, 1.82) is 0 Å². The summed E-state index contributed by atoms with van der Waals surface area (Å²) in [6, 6.07) is 14.4. The molecule has 0 amide bonds. The largest absolute Gasteiger partial charge is 0.497 e. The summed E-state index contributed by atoms with van der Waals surface area (Å²) in [5, 5.41) is 6.70. The van der Waals surface area contributed by atoms with Crippen molar-refractivity contribution >= 4 is 44.7 Å². The molecule has 1 heterocycles. The second kappa shape index (κ2) is 9.78. The predicted octanol–water partition coefficient (Wildman–Crippen LogP) is 5.05. The lowest BCUT2D eigenvalue weighted by atomic mass is 10.1. The molecule has 33 heavy (non-hydrogen) atoms. The Morgan fingerprint density at radius 3 is 2.48 bits per heavy atom. The SMILES string of the molecule is CNCc1cn(S(=O)(=O)c2cccc(F)c2)c2cc(Nc3ccc(OC)cc3F)ccc12.Cl. The van der Waals surface area contributed by atoms with E-state index in [0.29, 0.717) is 28.9 Å². The number of anilines is 2. The molecule has 0 aliphatic rings. The average Bonchev–Trinajstić information content (AvgIpc) is 3.14. The molecule has 0 unspecified atom stereocenters. The lowest BCUT2D eigenvalue weighted by Crippen LogP contribution is -2.12. The molecule has 0 atom stereocenters. The molecule has 0 aliphatic carbocycles. The van der Waals surface area contributed by atoms with Gasteiger partial charge in [0.2, 0.25) is 0 Å². The van der Waals surface area contributed by atoms with Gasteiger partial charge in [-0.25, -0.2) is 21.2 Å². The van der Waals surface area contributed by atoms with Crippen LogP contribution in [0, 0.1) is 11.6 Å². The minimum atomic E-state index is -4.06. The lowest BCUT2D eigenvalue weighted by molar-refractivity contribution is 0.411. The van der Waals surface area contributed by atoms with Gasteiger partial charge in [-0.05, 0) is 55.1 Å². The topological polar surface area (TPSA) is 72.4 Å². The Morgan fingerprint density at radius 2 is 1.82 bits per heavy atom. The van der Waals surface area contributed by atoms with E-state index in [1.807, 2.05) is 0 Å². The summed E-state index contributed by atoms with van der Waals surface area (Å²) in [5.41, 5.74) is 1.85. The third kappa shape index (κ3) is 4.80. The quantitative estimate of drug-likeness (QED) is 0.377. The van der Waals surface area contributed by atoms with E-state index < -0.39 is 21.7 Å². The highest BCUT2D eigenvalue weighted by Crippen LogP contribution is 2.31. The number of aromatic nitrogens is 1. The van der Waals surface area contributed by atoms with E-state index in [-0.39, 0.29) is 23.0 Å². The molecule has 0 saturated heterocycles. The summed E-state index contributed by atoms with van der Waals surface area (Å²) in [6.45, 7) is 0.433. The Morgan fingerprint density at radius 1 is 1.03 bits per heavy atom. The van der Waals surface area contributed by atoms with Crippen LogP contribution in [0.2, 0.25) is 0 Å². The van der Waals surface area contributed by atoms with E-state index >= 15 is 0 Å². The number of hydrogen-bond donors (Lipinski definition) is 2. The summed E-state index contributed by atoms with van der Waals surface area (Å²) in [6.07, 6.45) is 1.51. The minimum Gasteiger partial charge on any atom is -0.497 e. The first-order valence-electron chi connectivity index (χ1n) is 9.74. The fourth-order valence-electron chi connectivity index (χ4n) is 3.49. The highest BCUT2D eigenvalue weighted by atomic mass is 35.5. The Kier molecular flexibility index (Phi) is 7.26. The van der Waals surface area contributed by atoms with Crippen molar-refractivity contribution in [2.24, 2.45) is 0 Å².